The molecule has 88 valence electrons. The van der Waals surface area contributed by atoms with Crippen molar-refractivity contribution in [2.24, 2.45) is 0 Å². The Hall–Kier alpha value is -0.710. The second-order valence-electron chi connectivity index (χ2n) is 3.59. The fourth-order valence-electron chi connectivity index (χ4n) is 1.67. The Kier molecular flexibility index (Phi) is 5.12. The summed E-state index contributed by atoms with van der Waals surface area (Å²) in [7, 11) is 0. The van der Waals surface area contributed by atoms with Crippen molar-refractivity contribution in [3.8, 4) is 0 Å². The van der Waals surface area contributed by atoms with Gasteiger partial charge in [-0.25, -0.2) is 0 Å². The zero-order valence-corrected chi connectivity index (χ0v) is 10.3. The summed E-state index contributed by atoms with van der Waals surface area (Å²) in [6, 6.07) is 9.72. The normalized spacial score (nSPS) is 23.8. The topological polar surface area (TPSA) is 49.3 Å². The summed E-state index contributed by atoms with van der Waals surface area (Å²) in [5.41, 5.74) is 0. The number of halogens is 1. The lowest BCUT2D eigenvalue weighted by Crippen LogP contribution is -2.29. The number of hydrogen-bond acceptors (Lipinski definition) is 3. The number of carboxylic acids is 1. The fraction of sp³-hybridized carbons (Fsp3) is 0.364. The molecule has 1 saturated heterocycles. The summed E-state index contributed by atoms with van der Waals surface area (Å²) in [6.07, 6.45) is 0.703. The minimum Gasteiger partial charge on any atom is -0.480 e. The lowest BCUT2D eigenvalue weighted by atomic mass is 10.2. The number of rotatable bonds is 3. The van der Waals surface area contributed by atoms with Crippen LogP contribution in [0, 0.1) is 0 Å². The van der Waals surface area contributed by atoms with E-state index in [-0.39, 0.29) is 18.4 Å². The van der Waals surface area contributed by atoms with Crippen molar-refractivity contribution in [3.63, 3.8) is 0 Å². The predicted molar refractivity (Wildman–Crippen MR) is 67.4 cm³/mol. The largest absolute Gasteiger partial charge is 0.480 e. The maximum absolute atomic E-state index is 10.7. The predicted octanol–water partition coefficient (Wildman–Crippen LogP) is 2.02. The van der Waals surface area contributed by atoms with Crippen LogP contribution in [0.15, 0.2) is 35.2 Å². The van der Waals surface area contributed by atoms with E-state index < -0.39 is 5.97 Å². The van der Waals surface area contributed by atoms with Gasteiger partial charge in [0.25, 0.3) is 0 Å². The molecule has 1 aliphatic heterocycles. The third kappa shape index (κ3) is 3.40. The molecule has 0 aliphatic carbocycles. The molecule has 1 heterocycles. The summed E-state index contributed by atoms with van der Waals surface area (Å²) < 4.78 is 0. The van der Waals surface area contributed by atoms with Crippen LogP contribution in [-0.4, -0.2) is 28.9 Å². The van der Waals surface area contributed by atoms with Gasteiger partial charge < -0.3 is 10.4 Å². The highest BCUT2D eigenvalue weighted by molar-refractivity contribution is 8.00. The molecule has 1 aromatic carbocycles. The Labute approximate surface area is 105 Å². The van der Waals surface area contributed by atoms with Crippen molar-refractivity contribution in [2.45, 2.75) is 22.6 Å². The molecule has 2 N–H and O–H groups in total. The van der Waals surface area contributed by atoms with Crippen LogP contribution in [0.2, 0.25) is 0 Å². The van der Waals surface area contributed by atoms with Gasteiger partial charge in [0.1, 0.15) is 6.04 Å². The lowest BCUT2D eigenvalue weighted by Gasteiger charge is -2.07. The highest BCUT2D eigenvalue weighted by Crippen LogP contribution is 2.28. The average Bonchev–Trinajstić information content (AvgIpc) is 2.68. The van der Waals surface area contributed by atoms with Gasteiger partial charge in [0.15, 0.2) is 0 Å². The Morgan fingerprint density at radius 2 is 2.06 bits per heavy atom. The van der Waals surface area contributed by atoms with Crippen LogP contribution < -0.4 is 5.32 Å². The average molecular weight is 260 g/mol. The molecule has 2 atom stereocenters. The Morgan fingerprint density at radius 3 is 2.62 bits per heavy atom. The molecule has 1 aliphatic rings. The van der Waals surface area contributed by atoms with Crippen molar-refractivity contribution in [1.29, 1.82) is 0 Å². The van der Waals surface area contributed by atoms with Crippen molar-refractivity contribution in [3.05, 3.63) is 30.3 Å². The van der Waals surface area contributed by atoms with E-state index in [0.717, 1.165) is 6.54 Å². The van der Waals surface area contributed by atoms with E-state index in [9.17, 15) is 4.79 Å². The van der Waals surface area contributed by atoms with Crippen molar-refractivity contribution in [2.75, 3.05) is 6.54 Å². The van der Waals surface area contributed by atoms with E-state index >= 15 is 0 Å². The van der Waals surface area contributed by atoms with Crippen LogP contribution in [0.5, 0.6) is 0 Å². The molecule has 1 aromatic rings. The zero-order chi connectivity index (χ0) is 10.7. The van der Waals surface area contributed by atoms with Gasteiger partial charge in [-0.2, -0.15) is 0 Å². The van der Waals surface area contributed by atoms with Crippen LogP contribution >= 0.6 is 24.2 Å². The van der Waals surface area contributed by atoms with Crippen LogP contribution in [0.25, 0.3) is 0 Å². The molecule has 2 rings (SSSR count). The van der Waals surface area contributed by atoms with E-state index in [0.29, 0.717) is 11.7 Å². The first-order chi connectivity index (χ1) is 7.25. The summed E-state index contributed by atoms with van der Waals surface area (Å²) in [4.78, 5) is 11.9. The van der Waals surface area contributed by atoms with Gasteiger partial charge in [-0.3, -0.25) is 4.79 Å². The Morgan fingerprint density at radius 1 is 1.38 bits per heavy atom. The highest BCUT2D eigenvalue weighted by Gasteiger charge is 2.29. The van der Waals surface area contributed by atoms with Gasteiger partial charge >= 0.3 is 5.97 Å². The Balaban J connectivity index is 0.00000128. The summed E-state index contributed by atoms with van der Waals surface area (Å²) in [5, 5.41) is 12.2. The molecular weight excluding hydrogens is 246 g/mol. The number of carboxylic acid groups (broad SMARTS) is 1. The monoisotopic (exact) mass is 259 g/mol. The van der Waals surface area contributed by atoms with E-state index in [1.807, 2.05) is 18.2 Å². The third-order valence-electron chi connectivity index (χ3n) is 2.43. The number of aliphatic carboxylic acids is 1. The first kappa shape index (κ1) is 13.4. The SMILES string of the molecule is Cl.O=C(O)[C@@H]1C[C@H](Sc2ccccc2)CN1. The quantitative estimate of drug-likeness (QED) is 0.872. The van der Waals surface area contributed by atoms with Gasteiger partial charge in [-0.15, -0.1) is 24.2 Å². The molecule has 0 spiro atoms. The molecule has 0 unspecified atom stereocenters. The summed E-state index contributed by atoms with van der Waals surface area (Å²) in [6.45, 7) is 0.774. The van der Waals surface area contributed by atoms with Crippen LogP contribution in [0.3, 0.4) is 0 Å². The molecule has 3 nitrogen and oxygen atoms in total. The first-order valence-electron chi connectivity index (χ1n) is 4.93. The van der Waals surface area contributed by atoms with Crippen LogP contribution in [-0.2, 0) is 4.79 Å². The van der Waals surface area contributed by atoms with Crippen LogP contribution in [0.1, 0.15) is 6.42 Å². The van der Waals surface area contributed by atoms with Gasteiger partial charge in [0, 0.05) is 16.7 Å². The summed E-state index contributed by atoms with van der Waals surface area (Å²) in [5.74, 6) is -0.744. The van der Waals surface area contributed by atoms with Crippen molar-refractivity contribution < 1.29 is 9.90 Å². The first-order valence-corrected chi connectivity index (χ1v) is 5.81. The van der Waals surface area contributed by atoms with E-state index in [2.05, 4.69) is 17.4 Å². The zero-order valence-electron chi connectivity index (χ0n) is 8.63. The highest BCUT2D eigenvalue weighted by atomic mass is 35.5. The van der Waals surface area contributed by atoms with Crippen molar-refractivity contribution in [1.82, 2.24) is 5.32 Å². The molecule has 0 amide bonds. The van der Waals surface area contributed by atoms with Gasteiger partial charge in [0.05, 0.1) is 0 Å². The maximum atomic E-state index is 10.7. The number of hydrogen-bond donors (Lipinski definition) is 2. The minimum atomic E-state index is -0.744. The number of carbonyl (C=O) groups is 1. The smallest absolute Gasteiger partial charge is 0.320 e. The molecule has 1 fully saturated rings. The van der Waals surface area contributed by atoms with E-state index in [1.54, 1.807) is 11.8 Å². The maximum Gasteiger partial charge on any atom is 0.320 e. The minimum absolute atomic E-state index is 0. The van der Waals surface area contributed by atoms with Crippen LogP contribution in [0.4, 0.5) is 0 Å². The van der Waals surface area contributed by atoms with Gasteiger partial charge in [-0.05, 0) is 18.6 Å². The number of benzene rings is 1. The van der Waals surface area contributed by atoms with E-state index in [1.165, 1.54) is 4.90 Å². The molecule has 0 aromatic heterocycles. The number of thioether (sulfide) groups is 1. The second-order valence-corrected chi connectivity index (χ2v) is 4.96. The molecular formula is C11H14ClNO2S. The fourth-order valence-corrected chi connectivity index (χ4v) is 2.84. The van der Waals surface area contributed by atoms with Gasteiger partial charge in [-0.1, -0.05) is 18.2 Å². The lowest BCUT2D eigenvalue weighted by molar-refractivity contribution is -0.139. The standard InChI is InChI=1S/C11H13NO2S.ClH/c13-11(14)10-6-9(7-12-10)15-8-4-2-1-3-5-8;/h1-5,9-10,12H,6-7H2,(H,13,14);1H/t9-,10-;/m0./s1. The number of nitrogens with one attached hydrogen (secondary N) is 1. The summed E-state index contributed by atoms with van der Waals surface area (Å²) >= 11 is 1.75. The van der Waals surface area contributed by atoms with Crippen molar-refractivity contribution >= 4 is 30.1 Å². The Bertz CT molecular complexity index is 347. The molecule has 0 saturated carbocycles. The second kappa shape index (κ2) is 6.13. The van der Waals surface area contributed by atoms with Gasteiger partial charge in [0.2, 0.25) is 0 Å². The third-order valence-corrected chi connectivity index (χ3v) is 3.67. The molecule has 5 heteroatoms. The molecule has 16 heavy (non-hydrogen) atoms. The molecule has 0 radical (unpaired) electrons. The van der Waals surface area contributed by atoms with E-state index in [4.69, 9.17) is 5.11 Å². The molecule has 0 bridgehead atoms.